The fraction of sp³-hybridized carbons (Fsp3) is 0.333. The number of hydrogen-bond acceptors (Lipinski definition) is 6. The van der Waals surface area contributed by atoms with Gasteiger partial charge in [-0.3, -0.25) is 4.79 Å². The Morgan fingerprint density at radius 2 is 2.23 bits per heavy atom. The van der Waals surface area contributed by atoms with E-state index in [1.54, 1.807) is 24.5 Å². The van der Waals surface area contributed by atoms with Crippen molar-refractivity contribution < 1.29 is 22.7 Å². The first-order valence-electron chi connectivity index (χ1n) is 6.08. The normalized spacial score (nSPS) is 12.9. The van der Waals surface area contributed by atoms with Gasteiger partial charge in [0, 0.05) is 24.7 Å². The molecule has 0 aliphatic carbocycles. The van der Waals surface area contributed by atoms with Crippen LogP contribution in [-0.2, 0) is 9.53 Å². The minimum absolute atomic E-state index is 0.240. The van der Waals surface area contributed by atoms with Crippen LogP contribution in [0, 0.1) is 0 Å². The van der Waals surface area contributed by atoms with Crippen LogP contribution in [0.1, 0.15) is 6.92 Å². The topological polar surface area (TPSA) is 69.9 Å². The predicted molar refractivity (Wildman–Crippen MR) is 71.5 cm³/mol. The highest BCUT2D eigenvalue weighted by atomic mass is 32.2. The third kappa shape index (κ3) is 4.45. The molecule has 0 saturated carbocycles. The molecule has 0 radical (unpaired) electrons. The average Bonchev–Trinajstić information content (AvgIpc) is 2.98. The van der Waals surface area contributed by atoms with Crippen LogP contribution in [0.15, 0.2) is 35.9 Å². The van der Waals surface area contributed by atoms with Crippen LogP contribution in [0.4, 0.5) is 13.2 Å². The molecule has 2 aromatic heterocycles. The van der Waals surface area contributed by atoms with Crippen LogP contribution >= 0.6 is 11.8 Å². The molecule has 1 atom stereocenters. The van der Waals surface area contributed by atoms with E-state index in [9.17, 15) is 18.0 Å². The first-order chi connectivity index (χ1) is 10.4. The van der Waals surface area contributed by atoms with Gasteiger partial charge in [0.1, 0.15) is 0 Å². The summed E-state index contributed by atoms with van der Waals surface area (Å²) in [5, 5.41) is 4.23. The molecule has 0 N–H and O–H groups in total. The predicted octanol–water partition coefficient (Wildman–Crippen LogP) is 2.25. The van der Waals surface area contributed by atoms with E-state index in [0.717, 1.165) is 18.7 Å². The van der Waals surface area contributed by atoms with Gasteiger partial charge < -0.3 is 4.74 Å². The maximum absolute atomic E-state index is 12.3. The third-order valence-corrected chi connectivity index (χ3v) is 3.28. The van der Waals surface area contributed by atoms with Crippen LogP contribution in [0.3, 0.4) is 0 Å². The van der Waals surface area contributed by atoms with Gasteiger partial charge in [-0.25, -0.2) is 14.6 Å². The minimum atomic E-state index is -4.57. The fourth-order valence-corrected chi connectivity index (χ4v) is 1.96. The first-order valence-corrected chi connectivity index (χ1v) is 7.07. The number of carbonyl (C=O) groups is 1. The maximum Gasteiger partial charge on any atom is 0.425 e. The highest BCUT2D eigenvalue weighted by Gasteiger charge is 2.39. The van der Waals surface area contributed by atoms with Crippen molar-refractivity contribution in [2.24, 2.45) is 0 Å². The third-order valence-electron chi connectivity index (χ3n) is 2.45. The smallest absolute Gasteiger partial charge is 0.425 e. The summed E-state index contributed by atoms with van der Waals surface area (Å²) < 4.78 is 42.6. The van der Waals surface area contributed by atoms with Crippen LogP contribution in [0.2, 0.25) is 0 Å². The highest BCUT2D eigenvalue weighted by Crippen LogP contribution is 2.23. The molecule has 0 aromatic carbocycles. The van der Waals surface area contributed by atoms with Crippen molar-refractivity contribution in [3.05, 3.63) is 30.7 Å². The summed E-state index contributed by atoms with van der Waals surface area (Å²) in [6, 6.07) is 3.33. The number of rotatable bonds is 5. The van der Waals surface area contributed by atoms with Crippen molar-refractivity contribution in [1.29, 1.82) is 0 Å². The van der Waals surface area contributed by atoms with Crippen molar-refractivity contribution in [3.8, 4) is 5.82 Å². The Balaban J connectivity index is 1.92. The molecule has 0 aliphatic heterocycles. The number of alkyl halides is 3. The molecule has 22 heavy (non-hydrogen) atoms. The zero-order chi connectivity index (χ0) is 16.2. The van der Waals surface area contributed by atoms with E-state index in [1.165, 1.54) is 10.9 Å². The molecule has 0 spiro atoms. The molecule has 0 aliphatic rings. The zero-order valence-electron chi connectivity index (χ0n) is 11.3. The van der Waals surface area contributed by atoms with Crippen molar-refractivity contribution >= 4 is 17.7 Å². The van der Waals surface area contributed by atoms with Crippen molar-refractivity contribution in [2.75, 3.05) is 5.75 Å². The lowest BCUT2D eigenvalue weighted by Crippen LogP contribution is -2.31. The Morgan fingerprint density at radius 3 is 2.86 bits per heavy atom. The summed E-state index contributed by atoms with van der Waals surface area (Å²) in [7, 11) is 0. The average molecular weight is 332 g/mol. The van der Waals surface area contributed by atoms with E-state index in [2.05, 4.69) is 19.8 Å². The van der Waals surface area contributed by atoms with Gasteiger partial charge in [0.15, 0.2) is 17.1 Å². The van der Waals surface area contributed by atoms with E-state index in [0.29, 0.717) is 5.82 Å². The molecule has 1 unspecified atom stereocenters. The van der Waals surface area contributed by atoms with Crippen LogP contribution in [0.5, 0.6) is 0 Å². The first kappa shape index (κ1) is 16.3. The Morgan fingerprint density at radius 1 is 1.45 bits per heavy atom. The van der Waals surface area contributed by atoms with E-state index in [-0.39, 0.29) is 10.9 Å². The molecule has 0 bridgehead atoms. The van der Waals surface area contributed by atoms with Gasteiger partial charge in [-0.1, -0.05) is 11.8 Å². The largest absolute Gasteiger partial charge is 0.452 e. The van der Waals surface area contributed by atoms with E-state index >= 15 is 0 Å². The molecule has 118 valence electrons. The molecule has 2 aromatic rings. The number of hydrogen-bond donors (Lipinski definition) is 0. The summed E-state index contributed by atoms with van der Waals surface area (Å²) in [5.41, 5.74) is 0. The Bertz CT molecular complexity index is 634. The van der Waals surface area contributed by atoms with Crippen LogP contribution < -0.4 is 0 Å². The summed E-state index contributed by atoms with van der Waals surface area (Å²) >= 11 is 0.887. The van der Waals surface area contributed by atoms with Gasteiger partial charge in [0.25, 0.3) is 0 Å². The van der Waals surface area contributed by atoms with Crippen molar-refractivity contribution in [2.45, 2.75) is 24.4 Å². The lowest BCUT2D eigenvalue weighted by molar-refractivity contribution is -0.214. The van der Waals surface area contributed by atoms with Gasteiger partial charge in [-0.15, -0.1) is 0 Å². The number of aromatic nitrogens is 4. The number of thioether (sulfide) groups is 1. The second kappa shape index (κ2) is 6.77. The van der Waals surface area contributed by atoms with Gasteiger partial charge in [0.05, 0.1) is 5.75 Å². The summed E-state index contributed by atoms with van der Waals surface area (Å²) in [6.07, 6.45) is -2.00. The second-order valence-electron chi connectivity index (χ2n) is 4.11. The Labute approximate surface area is 127 Å². The number of carbonyl (C=O) groups excluding carboxylic acids is 1. The van der Waals surface area contributed by atoms with E-state index in [1.807, 2.05) is 0 Å². The van der Waals surface area contributed by atoms with Gasteiger partial charge in [0.2, 0.25) is 0 Å². The minimum Gasteiger partial charge on any atom is -0.452 e. The Hall–Kier alpha value is -2.10. The number of esters is 1. The van der Waals surface area contributed by atoms with Crippen LogP contribution in [-0.4, -0.2) is 43.8 Å². The summed E-state index contributed by atoms with van der Waals surface area (Å²) in [6.45, 7) is 0.775. The molecule has 2 rings (SSSR count). The summed E-state index contributed by atoms with van der Waals surface area (Å²) in [4.78, 5) is 19.4. The number of halogens is 3. The van der Waals surface area contributed by atoms with Gasteiger partial charge >= 0.3 is 12.1 Å². The SMILES string of the molecule is CC(OC(=O)CSc1nccc(-n2cccn2)n1)C(F)(F)F. The van der Waals surface area contributed by atoms with Gasteiger partial charge in [-0.05, 0) is 13.0 Å². The lowest BCUT2D eigenvalue weighted by atomic mass is 10.4. The molecular formula is C12H11F3N4O2S. The van der Waals surface area contributed by atoms with Crippen LogP contribution in [0.25, 0.3) is 5.82 Å². The van der Waals surface area contributed by atoms with E-state index < -0.39 is 18.2 Å². The molecule has 10 heteroatoms. The zero-order valence-corrected chi connectivity index (χ0v) is 12.1. The van der Waals surface area contributed by atoms with Gasteiger partial charge in [-0.2, -0.15) is 18.3 Å². The maximum atomic E-state index is 12.3. The summed E-state index contributed by atoms with van der Waals surface area (Å²) in [5.74, 6) is -0.814. The lowest BCUT2D eigenvalue weighted by Gasteiger charge is -2.15. The molecule has 0 fully saturated rings. The second-order valence-corrected chi connectivity index (χ2v) is 5.05. The molecule has 6 nitrogen and oxygen atoms in total. The highest BCUT2D eigenvalue weighted by molar-refractivity contribution is 7.99. The van der Waals surface area contributed by atoms with Crippen molar-refractivity contribution in [3.63, 3.8) is 0 Å². The number of ether oxygens (including phenoxy) is 1. The quantitative estimate of drug-likeness (QED) is 0.475. The fourth-order valence-electron chi connectivity index (χ4n) is 1.35. The van der Waals surface area contributed by atoms with Crippen molar-refractivity contribution in [1.82, 2.24) is 19.7 Å². The molecule has 2 heterocycles. The molecule has 0 amide bonds. The Kier molecular flexibility index (Phi) is 5.01. The standard InChI is InChI=1S/C12H11F3N4O2S/c1-8(12(13,14)15)21-10(20)7-22-11-16-5-3-9(18-11)19-6-2-4-17-19/h2-6,8H,7H2,1H3. The molecular weight excluding hydrogens is 321 g/mol. The van der Waals surface area contributed by atoms with E-state index in [4.69, 9.17) is 0 Å². The molecule has 0 saturated heterocycles. The monoisotopic (exact) mass is 332 g/mol. The number of nitrogens with zero attached hydrogens (tertiary/aromatic N) is 4.